The summed E-state index contributed by atoms with van der Waals surface area (Å²) in [7, 11) is 0. The molecule has 2 atom stereocenters. The Morgan fingerprint density at radius 2 is 1.80 bits per heavy atom. The first kappa shape index (κ1) is 15.0. The van der Waals surface area contributed by atoms with Crippen molar-refractivity contribution in [2.24, 2.45) is 5.73 Å². The third-order valence-corrected chi connectivity index (χ3v) is 4.04. The molecule has 0 saturated carbocycles. The Hall–Kier alpha value is -1.38. The van der Waals surface area contributed by atoms with E-state index in [1.54, 1.807) is 12.1 Å². The molecule has 0 spiro atoms. The predicted octanol–water partition coefficient (Wildman–Crippen LogP) is 4.54. The van der Waals surface area contributed by atoms with Gasteiger partial charge in [0.2, 0.25) is 0 Å². The Labute approximate surface area is 124 Å². The summed E-state index contributed by atoms with van der Waals surface area (Å²) in [5.74, 6) is -0.0808. The Bertz CT molecular complexity index is 536. The minimum atomic E-state index is -0.282. The number of halogens is 2. The fourth-order valence-corrected chi connectivity index (χ4v) is 2.83. The van der Waals surface area contributed by atoms with Crippen molar-refractivity contribution in [1.29, 1.82) is 0 Å². The lowest BCUT2D eigenvalue weighted by Crippen LogP contribution is -2.31. The number of hydrogen-bond donors (Lipinski definition) is 1. The van der Waals surface area contributed by atoms with Crippen LogP contribution in [0.1, 0.15) is 30.4 Å². The normalized spacial score (nSPS) is 14.0. The van der Waals surface area contributed by atoms with E-state index < -0.39 is 0 Å². The summed E-state index contributed by atoms with van der Waals surface area (Å²) in [6.45, 7) is 2.10. The highest BCUT2D eigenvalue weighted by atomic mass is 35.5. The molecule has 0 aliphatic carbocycles. The SMILES string of the molecule is CCC(c1ccccc1)C(N)Cc1c(F)cccc1Cl. The maximum atomic E-state index is 13.8. The van der Waals surface area contributed by atoms with Crippen molar-refractivity contribution in [3.63, 3.8) is 0 Å². The average Bonchev–Trinajstić information content (AvgIpc) is 2.45. The van der Waals surface area contributed by atoms with Gasteiger partial charge < -0.3 is 5.73 Å². The summed E-state index contributed by atoms with van der Waals surface area (Å²) >= 11 is 6.07. The van der Waals surface area contributed by atoms with Crippen molar-refractivity contribution in [2.75, 3.05) is 0 Å². The molecule has 0 fully saturated rings. The van der Waals surface area contributed by atoms with Crippen LogP contribution in [0.25, 0.3) is 0 Å². The van der Waals surface area contributed by atoms with Crippen LogP contribution >= 0.6 is 11.6 Å². The zero-order valence-corrected chi connectivity index (χ0v) is 12.3. The zero-order chi connectivity index (χ0) is 14.5. The van der Waals surface area contributed by atoms with Crippen LogP contribution in [0, 0.1) is 5.82 Å². The maximum Gasteiger partial charge on any atom is 0.127 e. The third kappa shape index (κ3) is 3.38. The highest BCUT2D eigenvalue weighted by Gasteiger charge is 2.20. The second kappa shape index (κ2) is 6.87. The van der Waals surface area contributed by atoms with Crippen LogP contribution in [-0.2, 0) is 6.42 Å². The molecule has 3 heteroatoms. The smallest absolute Gasteiger partial charge is 0.127 e. The van der Waals surface area contributed by atoms with Crippen LogP contribution in [0.3, 0.4) is 0 Å². The van der Waals surface area contributed by atoms with Gasteiger partial charge in [-0.3, -0.25) is 0 Å². The van der Waals surface area contributed by atoms with E-state index >= 15 is 0 Å². The second-order valence-corrected chi connectivity index (χ2v) is 5.40. The first-order valence-electron chi connectivity index (χ1n) is 6.87. The highest BCUT2D eigenvalue weighted by Crippen LogP contribution is 2.27. The molecule has 0 amide bonds. The Balaban J connectivity index is 2.20. The number of rotatable bonds is 5. The minimum absolute atomic E-state index is 0.156. The molecule has 0 radical (unpaired) electrons. The molecule has 0 bridgehead atoms. The van der Waals surface area contributed by atoms with E-state index in [4.69, 9.17) is 17.3 Å². The molecule has 2 N–H and O–H groups in total. The van der Waals surface area contributed by atoms with Gasteiger partial charge in [0.15, 0.2) is 0 Å². The van der Waals surface area contributed by atoms with Crippen molar-refractivity contribution in [3.8, 4) is 0 Å². The average molecular weight is 292 g/mol. The van der Waals surface area contributed by atoms with Crippen LogP contribution in [0.4, 0.5) is 4.39 Å². The predicted molar refractivity (Wildman–Crippen MR) is 82.6 cm³/mol. The number of nitrogens with two attached hydrogens (primary N) is 1. The lowest BCUT2D eigenvalue weighted by Gasteiger charge is -2.23. The molecule has 0 aliphatic heterocycles. The fourth-order valence-electron chi connectivity index (χ4n) is 2.59. The molecule has 0 aliphatic rings. The van der Waals surface area contributed by atoms with Gasteiger partial charge in [-0.1, -0.05) is 54.9 Å². The molecule has 2 rings (SSSR count). The summed E-state index contributed by atoms with van der Waals surface area (Å²) in [4.78, 5) is 0. The third-order valence-electron chi connectivity index (χ3n) is 3.69. The Morgan fingerprint density at radius 1 is 1.10 bits per heavy atom. The molecule has 0 saturated heterocycles. The lowest BCUT2D eigenvalue weighted by atomic mass is 9.86. The van der Waals surface area contributed by atoms with E-state index in [9.17, 15) is 4.39 Å². The molecule has 0 aromatic heterocycles. The summed E-state index contributed by atoms with van der Waals surface area (Å²) < 4.78 is 13.8. The highest BCUT2D eigenvalue weighted by molar-refractivity contribution is 6.31. The van der Waals surface area contributed by atoms with Crippen molar-refractivity contribution < 1.29 is 4.39 Å². The van der Waals surface area contributed by atoms with Crippen LogP contribution in [0.5, 0.6) is 0 Å². The van der Waals surface area contributed by atoms with Gasteiger partial charge in [0.1, 0.15) is 5.82 Å². The standard InChI is InChI=1S/C17H19ClFN/c1-2-13(12-7-4-3-5-8-12)17(20)11-14-15(18)9-6-10-16(14)19/h3-10,13,17H,2,11,20H2,1H3. The lowest BCUT2D eigenvalue weighted by molar-refractivity contribution is 0.502. The number of hydrogen-bond acceptors (Lipinski definition) is 1. The van der Waals surface area contributed by atoms with E-state index in [1.165, 1.54) is 11.6 Å². The van der Waals surface area contributed by atoms with Gasteiger partial charge >= 0.3 is 0 Å². The van der Waals surface area contributed by atoms with Crippen LogP contribution in [-0.4, -0.2) is 6.04 Å². The molecular weight excluding hydrogens is 273 g/mol. The summed E-state index contributed by atoms with van der Waals surface area (Å²) in [6, 6.07) is 14.7. The first-order chi connectivity index (χ1) is 9.63. The van der Waals surface area contributed by atoms with Crippen molar-refractivity contribution >= 4 is 11.6 Å². The maximum absolute atomic E-state index is 13.8. The zero-order valence-electron chi connectivity index (χ0n) is 11.5. The van der Waals surface area contributed by atoms with E-state index in [1.807, 2.05) is 18.2 Å². The van der Waals surface area contributed by atoms with Gasteiger partial charge in [0.25, 0.3) is 0 Å². The molecular formula is C17H19ClFN. The fraction of sp³-hybridized carbons (Fsp3) is 0.294. The van der Waals surface area contributed by atoms with E-state index in [-0.39, 0.29) is 17.8 Å². The monoisotopic (exact) mass is 291 g/mol. The van der Waals surface area contributed by atoms with Gasteiger partial charge in [-0.05, 0) is 36.5 Å². The van der Waals surface area contributed by atoms with Gasteiger partial charge in [-0.25, -0.2) is 4.39 Å². The molecule has 1 nitrogen and oxygen atoms in total. The van der Waals surface area contributed by atoms with Crippen molar-refractivity contribution in [2.45, 2.75) is 31.7 Å². The van der Waals surface area contributed by atoms with E-state index in [2.05, 4.69) is 19.1 Å². The van der Waals surface area contributed by atoms with E-state index in [0.717, 1.165) is 6.42 Å². The Kier molecular flexibility index (Phi) is 5.16. The molecule has 0 heterocycles. The summed E-state index contributed by atoms with van der Waals surface area (Å²) in [5.41, 5.74) is 8.00. The molecule has 20 heavy (non-hydrogen) atoms. The van der Waals surface area contributed by atoms with Crippen LogP contribution < -0.4 is 5.73 Å². The molecule has 2 aromatic rings. The van der Waals surface area contributed by atoms with Gasteiger partial charge in [-0.2, -0.15) is 0 Å². The second-order valence-electron chi connectivity index (χ2n) is 4.99. The van der Waals surface area contributed by atoms with Gasteiger partial charge in [-0.15, -0.1) is 0 Å². The van der Waals surface area contributed by atoms with Crippen LogP contribution in [0.2, 0.25) is 5.02 Å². The van der Waals surface area contributed by atoms with Crippen molar-refractivity contribution in [3.05, 3.63) is 70.5 Å². The summed E-state index contributed by atoms with van der Waals surface area (Å²) in [6.07, 6.45) is 1.36. The quantitative estimate of drug-likeness (QED) is 0.860. The molecule has 2 aromatic carbocycles. The first-order valence-corrected chi connectivity index (χ1v) is 7.24. The topological polar surface area (TPSA) is 26.0 Å². The number of benzene rings is 2. The minimum Gasteiger partial charge on any atom is -0.327 e. The Morgan fingerprint density at radius 3 is 2.40 bits per heavy atom. The van der Waals surface area contributed by atoms with Crippen LogP contribution in [0.15, 0.2) is 48.5 Å². The molecule has 2 unspecified atom stereocenters. The largest absolute Gasteiger partial charge is 0.327 e. The van der Waals surface area contributed by atoms with Gasteiger partial charge in [0, 0.05) is 16.6 Å². The van der Waals surface area contributed by atoms with Gasteiger partial charge in [0.05, 0.1) is 0 Å². The summed E-state index contributed by atoms with van der Waals surface area (Å²) in [5, 5.41) is 0.448. The van der Waals surface area contributed by atoms with E-state index in [0.29, 0.717) is 17.0 Å². The molecule has 106 valence electrons. The van der Waals surface area contributed by atoms with Crippen molar-refractivity contribution in [1.82, 2.24) is 0 Å².